The predicted octanol–water partition coefficient (Wildman–Crippen LogP) is 3.90. The van der Waals surface area contributed by atoms with Gasteiger partial charge in [-0.25, -0.2) is 0 Å². The highest BCUT2D eigenvalue weighted by atomic mass is 16.1. The molecule has 104 valence electrons. The first-order valence-electron chi connectivity index (χ1n) is 7.60. The maximum atomic E-state index is 12.2. The molecule has 1 aliphatic carbocycles. The van der Waals surface area contributed by atoms with Crippen molar-refractivity contribution in [2.45, 2.75) is 51.4 Å². The fraction of sp³-hybridized carbons (Fsp3) is 0.588. The van der Waals surface area contributed by atoms with E-state index < -0.39 is 0 Å². The largest absolute Gasteiger partial charge is 0.330 e. The maximum Gasteiger partial charge on any atom is 0.167 e. The summed E-state index contributed by atoms with van der Waals surface area (Å²) in [6.45, 7) is 2.46. The van der Waals surface area contributed by atoms with Gasteiger partial charge in [0.1, 0.15) is 0 Å². The van der Waals surface area contributed by atoms with E-state index in [1.54, 1.807) is 0 Å². The SMILES string of the molecule is CCC(CN)C(=O)c1ccc(C2CCCCC2)cc1. The lowest BCUT2D eigenvalue weighted by atomic mass is 9.83. The van der Waals surface area contributed by atoms with Crippen LogP contribution in [0, 0.1) is 5.92 Å². The Labute approximate surface area is 116 Å². The predicted molar refractivity (Wildman–Crippen MR) is 79.4 cm³/mol. The van der Waals surface area contributed by atoms with Gasteiger partial charge in [-0.1, -0.05) is 50.5 Å². The Bertz CT molecular complexity index is 400. The normalized spacial score (nSPS) is 18.2. The minimum atomic E-state index is -0.0273. The molecule has 0 spiro atoms. The van der Waals surface area contributed by atoms with Gasteiger partial charge in [-0.2, -0.15) is 0 Å². The van der Waals surface area contributed by atoms with E-state index in [0.717, 1.165) is 12.0 Å². The second kappa shape index (κ2) is 6.85. The van der Waals surface area contributed by atoms with Gasteiger partial charge in [0.25, 0.3) is 0 Å². The summed E-state index contributed by atoms with van der Waals surface area (Å²) in [7, 11) is 0. The van der Waals surface area contributed by atoms with Crippen molar-refractivity contribution in [1.29, 1.82) is 0 Å². The number of rotatable bonds is 5. The fourth-order valence-electron chi connectivity index (χ4n) is 3.05. The summed E-state index contributed by atoms with van der Waals surface area (Å²) in [5.41, 5.74) is 7.86. The zero-order valence-electron chi connectivity index (χ0n) is 11.9. The Morgan fingerprint density at radius 2 is 1.84 bits per heavy atom. The van der Waals surface area contributed by atoms with Gasteiger partial charge >= 0.3 is 0 Å². The van der Waals surface area contributed by atoms with Gasteiger partial charge in [-0.15, -0.1) is 0 Å². The molecule has 2 rings (SSSR count). The molecule has 1 aliphatic rings. The van der Waals surface area contributed by atoms with Crippen LogP contribution in [0.3, 0.4) is 0 Å². The molecule has 1 fully saturated rings. The van der Waals surface area contributed by atoms with Crippen molar-refractivity contribution < 1.29 is 4.79 Å². The van der Waals surface area contributed by atoms with Crippen LogP contribution in [0.5, 0.6) is 0 Å². The molecule has 1 aromatic carbocycles. The van der Waals surface area contributed by atoms with Crippen LogP contribution >= 0.6 is 0 Å². The van der Waals surface area contributed by atoms with Crippen molar-refractivity contribution in [3.63, 3.8) is 0 Å². The lowest BCUT2D eigenvalue weighted by Gasteiger charge is -2.22. The molecule has 1 atom stereocenters. The highest BCUT2D eigenvalue weighted by molar-refractivity contribution is 5.98. The van der Waals surface area contributed by atoms with Gasteiger partial charge < -0.3 is 5.73 Å². The number of carbonyl (C=O) groups excluding carboxylic acids is 1. The number of carbonyl (C=O) groups is 1. The highest BCUT2D eigenvalue weighted by Crippen LogP contribution is 2.32. The Morgan fingerprint density at radius 3 is 2.37 bits per heavy atom. The van der Waals surface area contributed by atoms with Crippen LogP contribution in [-0.2, 0) is 0 Å². The van der Waals surface area contributed by atoms with Crippen molar-refractivity contribution >= 4 is 5.78 Å². The monoisotopic (exact) mass is 259 g/mol. The molecule has 2 heteroatoms. The maximum absolute atomic E-state index is 12.2. The van der Waals surface area contributed by atoms with Gasteiger partial charge in [0.05, 0.1) is 0 Å². The van der Waals surface area contributed by atoms with Crippen molar-refractivity contribution in [3.05, 3.63) is 35.4 Å². The van der Waals surface area contributed by atoms with E-state index >= 15 is 0 Å². The molecule has 0 amide bonds. The zero-order valence-corrected chi connectivity index (χ0v) is 11.9. The van der Waals surface area contributed by atoms with Gasteiger partial charge in [-0.05, 0) is 30.7 Å². The minimum absolute atomic E-state index is 0.0273. The topological polar surface area (TPSA) is 43.1 Å². The molecular weight excluding hydrogens is 234 g/mol. The second-order valence-electron chi connectivity index (χ2n) is 5.66. The molecule has 2 nitrogen and oxygen atoms in total. The fourth-order valence-corrected chi connectivity index (χ4v) is 3.05. The van der Waals surface area contributed by atoms with E-state index in [-0.39, 0.29) is 11.7 Å². The number of nitrogens with two attached hydrogens (primary N) is 1. The summed E-state index contributed by atoms with van der Waals surface area (Å²) >= 11 is 0. The zero-order chi connectivity index (χ0) is 13.7. The minimum Gasteiger partial charge on any atom is -0.330 e. The average molecular weight is 259 g/mol. The van der Waals surface area contributed by atoms with Crippen LogP contribution in [0.4, 0.5) is 0 Å². The molecule has 0 aromatic heterocycles. The quantitative estimate of drug-likeness (QED) is 0.815. The molecule has 0 aliphatic heterocycles. The number of hydrogen-bond donors (Lipinski definition) is 1. The first kappa shape index (κ1) is 14.3. The summed E-state index contributed by atoms with van der Waals surface area (Å²) < 4.78 is 0. The van der Waals surface area contributed by atoms with Crippen molar-refractivity contribution in [2.75, 3.05) is 6.54 Å². The molecule has 0 radical (unpaired) electrons. The Morgan fingerprint density at radius 1 is 1.21 bits per heavy atom. The first-order valence-corrected chi connectivity index (χ1v) is 7.60. The van der Waals surface area contributed by atoms with Crippen molar-refractivity contribution in [1.82, 2.24) is 0 Å². The Kier molecular flexibility index (Phi) is 5.15. The molecule has 1 saturated carbocycles. The van der Waals surface area contributed by atoms with E-state index in [0.29, 0.717) is 12.5 Å². The summed E-state index contributed by atoms with van der Waals surface area (Å²) in [5, 5.41) is 0. The lowest BCUT2D eigenvalue weighted by Crippen LogP contribution is -2.23. The lowest BCUT2D eigenvalue weighted by molar-refractivity contribution is 0.0921. The average Bonchev–Trinajstić information content (AvgIpc) is 2.49. The third-order valence-electron chi connectivity index (χ3n) is 4.42. The molecule has 0 heterocycles. The molecule has 19 heavy (non-hydrogen) atoms. The summed E-state index contributed by atoms with van der Waals surface area (Å²) in [5.74, 6) is 0.870. The van der Waals surface area contributed by atoms with Crippen LogP contribution in [0.1, 0.15) is 67.3 Å². The smallest absolute Gasteiger partial charge is 0.167 e. The Hall–Kier alpha value is -1.15. The van der Waals surface area contributed by atoms with Gasteiger partial charge in [-0.3, -0.25) is 4.79 Å². The third kappa shape index (κ3) is 3.44. The second-order valence-corrected chi connectivity index (χ2v) is 5.66. The third-order valence-corrected chi connectivity index (χ3v) is 4.42. The van der Waals surface area contributed by atoms with Crippen LogP contribution in [0.15, 0.2) is 24.3 Å². The number of ketones is 1. The Balaban J connectivity index is 2.07. The molecule has 0 saturated heterocycles. The number of Topliss-reactive ketones (excluding diaryl/α,β-unsaturated/α-hetero) is 1. The number of hydrogen-bond acceptors (Lipinski definition) is 2. The van der Waals surface area contributed by atoms with E-state index in [9.17, 15) is 4.79 Å². The summed E-state index contributed by atoms with van der Waals surface area (Å²) in [6, 6.07) is 8.27. The van der Waals surface area contributed by atoms with Crippen LogP contribution in [-0.4, -0.2) is 12.3 Å². The van der Waals surface area contributed by atoms with Gasteiger partial charge in [0.2, 0.25) is 0 Å². The summed E-state index contributed by atoms with van der Waals surface area (Å²) in [4.78, 5) is 12.2. The van der Waals surface area contributed by atoms with Gasteiger partial charge in [0, 0.05) is 18.0 Å². The van der Waals surface area contributed by atoms with Crippen molar-refractivity contribution in [3.8, 4) is 0 Å². The highest BCUT2D eigenvalue weighted by Gasteiger charge is 2.18. The first-order chi connectivity index (χ1) is 9.26. The van der Waals surface area contributed by atoms with Crippen molar-refractivity contribution in [2.24, 2.45) is 11.7 Å². The summed E-state index contributed by atoms with van der Waals surface area (Å²) in [6.07, 6.45) is 7.48. The van der Waals surface area contributed by atoms with Gasteiger partial charge in [0.15, 0.2) is 5.78 Å². The van der Waals surface area contributed by atoms with E-state index in [2.05, 4.69) is 12.1 Å². The number of benzene rings is 1. The van der Waals surface area contributed by atoms with E-state index in [1.807, 2.05) is 19.1 Å². The van der Waals surface area contributed by atoms with Crippen LogP contribution in [0.2, 0.25) is 0 Å². The molecule has 2 N–H and O–H groups in total. The van der Waals surface area contributed by atoms with Crippen LogP contribution in [0.25, 0.3) is 0 Å². The van der Waals surface area contributed by atoms with E-state index in [4.69, 9.17) is 5.73 Å². The molecule has 1 unspecified atom stereocenters. The van der Waals surface area contributed by atoms with E-state index in [1.165, 1.54) is 37.7 Å². The molecule has 0 bridgehead atoms. The van der Waals surface area contributed by atoms with Crippen LogP contribution < -0.4 is 5.73 Å². The molecular formula is C17H25NO. The molecule has 1 aromatic rings. The standard InChI is InChI=1S/C17H25NO/c1-2-13(12-18)17(19)16-10-8-15(9-11-16)14-6-4-3-5-7-14/h8-11,13-14H,2-7,12,18H2,1H3.